The molecule has 0 aliphatic heterocycles. The van der Waals surface area contributed by atoms with Gasteiger partial charge < -0.3 is 9.67 Å². The molecule has 0 amide bonds. The number of hydrogen-bond acceptors (Lipinski definition) is 3. The van der Waals surface area contributed by atoms with Gasteiger partial charge in [-0.3, -0.25) is 0 Å². The van der Waals surface area contributed by atoms with Crippen LogP contribution in [0.25, 0.3) is 10.9 Å². The van der Waals surface area contributed by atoms with E-state index in [1.54, 1.807) is 11.3 Å². The van der Waals surface area contributed by atoms with Crippen molar-refractivity contribution in [3.8, 4) is 0 Å². The van der Waals surface area contributed by atoms with Crippen LogP contribution in [0.2, 0.25) is 0 Å². The normalized spacial score (nSPS) is 11.2. The Morgan fingerprint density at radius 2 is 2.22 bits per heavy atom. The molecule has 0 saturated carbocycles. The second kappa shape index (κ2) is 4.55. The topological polar surface area (TPSA) is 38.0 Å². The van der Waals surface area contributed by atoms with E-state index >= 15 is 0 Å². The average molecular weight is 258 g/mol. The summed E-state index contributed by atoms with van der Waals surface area (Å²) in [7, 11) is 0. The summed E-state index contributed by atoms with van der Waals surface area (Å²) in [6.07, 6.45) is 2.08. The molecule has 2 heterocycles. The van der Waals surface area contributed by atoms with E-state index in [2.05, 4.69) is 40.2 Å². The van der Waals surface area contributed by atoms with E-state index in [1.165, 1.54) is 10.9 Å². The van der Waals surface area contributed by atoms with Gasteiger partial charge in [0.25, 0.3) is 0 Å². The number of benzene rings is 1. The zero-order valence-corrected chi connectivity index (χ0v) is 10.9. The smallest absolute Gasteiger partial charge is 0.0795 e. The van der Waals surface area contributed by atoms with E-state index in [9.17, 15) is 5.11 Å². The summed E-state index contributed by atoms with van der Waals surface area (Å²) in [5.74, 6) is 0. The molecule has 1 N–H and O–H groups in total. The Morgan fingerprint density at radius 3 is 2.94 bits per heavy atom. The van der Waals surface area contributed by atoms with Gasteiger partial charge in [-0.2, -0.15) is 0 Å². The highest BCUT2D eigenvalue weighted by Crippen LogP contribution is 2.24. The molecular formula is C14H14N2OS. The first-order chi connectivity index (χ1) is 8.79. The van der Waals surface area contributed by atoms with Crippen LogP contribution in [0.5, 0.6) is 0 Å². The van der Waals surface area contributed by atoms with E-state index in [1.807, 2.05) is 11.6 Å². The maximum atomic E-state index is 9.34. The molecule has 0 bridgehead atoms. The van der Waals surface area contributed by atoms with Crippen molar-refractivity contribution in [1.29, 1.82) is 0 Å². The number of aliphatic hydroxyl groups excluding tert-OH is 1. The molecule has 0 unspecified atom stereocenters. The van der Waals surface area contributed by atoms with Crippen molar-refractivity contribution in [2.45, 2.75) is 20.1 Å². The molecule has 0 radical (unpaired) electrons. The van der Waals surface area contributed by atoms with Crippen LogP contribution in [0.1, 0.15) is 16.8 Å². The van der Waals surface area contributed by atoms with Gasteiger partial charge in [0.15, 0.2) is 0 Å². The lowest BCUT2D eigenvalue weighted by molar-refractivity contribution is 0.281. The van der Waals surface area contributed by atoms with Gasteiger partial charge in [-0.05, 0) is 29.5 Å². The Bertz CT molecular complexity index is 670. The predicted molar refractivity (Wildman–Crippen MR) is 73.8 cm³/mol. The van der Waals surface area contributed by atoms with Crippen molar-refractivity contribution < 1.29 is 5.11 Å². The van der Waals surface area contributed by atoms with E-state index in [0.717, 1.165) is 23.4 Å². The number of aryl methyl sites for hydroxylation is 1. The highest BCUT2D eigenvalue weighted by Gasteiger charge is 2.08. The Labute approximate surface area is 109 Å². The third kappa shape index (κ3) is 1.83. The van der Waals surface area contributed by atoms with Crippen LogP contribution >= 0.6 is 11.3 Å². The molecule has 0 fully saturated rings. The molecular weight excluding hydrogens is 244 g/mol. The lowest BCUT2D eigenvalue weighted by Crippen LogP contribution is -2.00. The number of nitrogens with zero attached hydrogens (tertiary/aromatic N) is 2. The highest BCUT2D eigenvalue weighted by molar-refractivity contribution is 7.07. The molecule has 0 saturated heterocycles. The number of rotatable bonds is 3. The van der Waals surface area contributed by atoms with Gasteiger partial charge in [0, 0.05) is 11.6 Å². The van der Waals surface area contributed by atoms with Crippen LogP contribution in [-0.2, 0) is 13.2 Å². The molecule has 3 rings (SSSR count). The first kappa shape index (κ1) is 11.4. The average Bonchev–Trinajstić information content (AvgIpc) is 3.01. The summed E-state index contributed by atoms with van der Waals surface area (Å²) in [6, 6.07) is 6.16. The van der Waals surface area contributed by atoms with Gasteiger partial charge in [0.05, 0.1) is 29.9 Å². The molecule has 0 aliphatic rings. The number of aromatic nitrogens is 2. The molecule has 92 valence electrons. The Morgan fingerprint density at radius 1 is 1.33 bits per heavy atom. The van der Waals surface area contributed by atoms with Gasteiger partial charge in [0.2, 0.25) is 0 Å². The van der Waals surface area contributed by atoms with E-state index in [-0.39, 0.29) is 6.61 Å². The fourth-order valence-electron chi connectivity index (χ4n) is 2.32. The molecule has 1 aromatic carbocycles. The van der Waals surface area contributed by atoms with Crippen LogP contribution in [0.3, 0.4) is 0 Å². The third-order valence-electron chi connectivity index (χ3n) is 3.28. The van der Waals surface area contributed by atoms with Crippen LogP contribution in [-0.4, -0.2) is 14.7 Å². The van der Waals surface area contributed by atoms with Crippen LogP contribution < -0.4 is 0 Å². The standard InChI is InChI=1S/C14H14N2OS/c1-10-12(7-17)3-2-11-4-5-16(14(10)11)6-13-8-18-9-15-13/h2-5,8-9,17H,6-7H2,1H3. The minimum atomic E-state index is 0.0870. The number of thiazole rings is 1. The maximum Gasteiger partial charge on any atom is 0.0795 e. The SMILES string of the molecule is Cc1c(CO)ccc2ccn(Cc3cscn3)c12. The van der Waals surface area contributed by atoms with Crippen LogP contribution in [0, 0.1) is 6.92 Å². The molecule has 18 heavy (non-hydrogen) atoms. The highest BCUT2D eigenvalue weighted by atomic mass is 32.1. The van der Waals surface area contributed by atoms with Crippen molar-refractivity contribution in [3.63, 3.8) is 0 Å². The summed E-state index contributed by atoms with van der Waals surface area (Å²) in [4.78, 5) is 4.32. The zero-order chi connectivity index (χ0) is 12.5. The van der Waals surface area contributed by atoms with Gasteiger partial charge >= 0.3 is 0 Å². The van der Waals surface area contributed by atoms with Crippen LogP contribution in [0.4, 0.5) is 0 Å². The Hall–Kier alpha value is -1.65. The molecule has 3 aromatic rings. The predicted octanol–water partition coefficient (Wildman–Crippen LogP) is 2.95. The van der Waals surface area contributed by atoms with Crippen molar-refractivity contribution in [3.05, 3.63) is 52.1 Å². The third-order valence-corrected chi connectivity index (χ3v) is 3.92. The first-order valence-corrected chi connectivity index (χ1v) is 6.79. The molecule has 0 atom stereocenters. The number of fused-ring (bicyclic) bond motifs is 1. The minimum absolute atomic E-state index is 0.0870. The number of aliphatic hydroxyl groups is 1. The largest absolute Gasteiger partial charge is 0.392 e. The fourth-order valence-corrected chi connectivity index (χ4v) is 2.87. The number of hydrogen-bond donors (Lipinski definition) is 1. The van der Waals surface area contributed by atoms with Gasteiger partial charge in [-0.15, -0.1) is 11.3 Å². The van der Waals surface area contributed by atoms with Crippen molar-refractivity contribution >= 4 is 22.2 Å². The molecule has 4 heteroatoms. The molecule has 0 spiro atoms. The monoisotopic (exact) mass is 258 g/mol. The van der Waals surface area contributed by atoms with Gasteiger partial charge in [-0.1, -0.05) is 12.1 Å². The second-order valence-corrected chi connectivity index (χ2v) is 5.09. The minimum Gasteiger partial charge on any atom is -0.392 e. The van der Waals surface area contributed by atoms with E-state index in [4.69, 9.17) is 0 Å². The quantitative estimate of drug-likeness (QED) is 0.784. The molecule has 3 nitrogen and oxygen atoms in total. The van der Waals surface area contributed by atoms with Gasteiger partial charge in [-0.25, -0.2) is 4.98 Å². The van der Waals surface area contributed by atoms with E-state index in [0.29, 0.717) is 0 Å². The summed E-state index contributed by atoms with van der Waals surface area (Å²) in [5, 5.41) is 12.6. The summed E-state index contributed by atoms with van der Waals surface area (Å²) in [5.41, 5.74) is 6.25. The maximum absolute atomic E-state index is 9.34. The molecule has 2 aromatic heterocycles. The lowest BCUT2D eigenvalue weighted by atomic mass is 10.1. The summed E-state index contributed by atoms with van der Waals surface area (Å²) < 4.78 is 2.19. The summed E-state index contributed by atoms with van der Waals surface area (Å²) in [6.45, 7) is 2.93. The van der Waals surface area contributed by atoms with Crippen molar-refractivity contribution in [1.82, 2.24) is 9.55 Å². The first-order valence-electron chi connectivity index (χ1n) is 5.85. The van der Waals surface area contributed by atoms with Crippen molar-refractivity contribution in [2.75, 3.05) is 0 Å². The van der Waals surface area contributed by atoms with E-state index < -0.39 is 0 Å². The lowest BCUT2D eigenvalue weighted by Gasteiger charge is -2.09. The van der Waals surface area contributed by atoms with Gasteiger partial charge in [0.1, 0.15) is 0 Å². The van der Waals surface area contributed by atoms with Crippen molar-refractivity contribution in [2.24, 2.45) is 0 Å². The fraction of sp³-hybridized carbons (Fsp3) is 0.214. The zero-order valence-electron chi connectivity index (χ0n) is 10.1. The summed E-state index contributed by atoms with van der Waals surface area (Å²) >= 11 is 1.61. The Kier molecular flexibility index (Phi) is 2.89. The van der Waals surface area contributed by atoms with Crippen LogP contribution in [0.15, 0.2) is 35.3 Å². The molecule has 0 aliphatic carbocycles. The Balaban J connectivity index is 2.12. The second-order valence-electron chi connectivity index (χ2n) is 4.37.